The van der Waals surface area contributed by atoms with E-state index in [-0.39, 0.29) is 11.8 Å². The number of furan rings is 1. The molecule has 2 heterocycles. The molecule has 0 unspecified atom stereocenters. The molecular weight excluding hydrogens is 318 g/mol. The van der Waals surface area contributed by atoms with Gasteiger partial charge in [0.15, 0.2) is 0 Å². The van der Waals surface area contributed by atoms with Crippen LogP contribution in [0, 0.1) is 6.92 Å². The van der Waals surface area contributed by atoms with Gasteiger partial charge in [-0.25, -0.2) is 0 Å². The lowest BCUT2D eigenvalue weighted by molar-refractivity contribution is -0.132. The lowest BCUT2D eigenvalue weighted by Crippen LogP contribution is -2.47. The molecule has 2 amide bonds. The van der Waals surface area contributed by atoms with Gasteiger partial charge in [-0.3, -0.25) is 9.59 Å². The summed E-state index contributed by atoms with van der Waals surface area (Å²) >= 11 is 0. The van der Waals surface area contributed by atoms with E-state index in [1.54, 1.807) is 13.0 Å². The number of carbonyl (C=O) groups excluding carboxylic acids is 2. The first-order valence-corrected chi connectivity index (χ1v) is 8.43. The van der Waals surface area contributed by atoms with E-state index in [1.165, 1.54) is 6.26 Å². The average molecular weight is 341 g/mol. The number of nitrogens with one attached hydrogen (secondary N) is 1. The SMILES string of the molecule is Cc1occc1C(=O)Nc1cccc(CC(=O)N2CCN(C)CC2)c1. The smallest absolute Gasteiger partial charge is 0.259 e. The van der Waals surface area contributed by atoms with Crippen LogP contribution in [0.4, 0.5) is 5.69 Å². The molecule has 1 N–H and O–H groups in total. The summed E-state index contributed by atoms with van der Waals surface area (Å²) in [5, 5.41) is 2.85. The Bertz CT molecular complexity index is 761. The maximum Gasteiger partial charge on any atom is 0.259 e. The lowest BCUT2D eigenvalue weighted by atomic mass is 10.1. The van der Waals surface area contributed by atoms with Gasteiger partial charge in [0.2, 0.25) is 5.91 Å². The minimum Gasteiger partial charge on any atom is -0.469 e. The molecule has 0 atom stereocenters. The molecule has 132 valence electrons. The van der Waals surface area contributed by atoms with E-state index in [0.717, 1.165) is 31.7 Å². The van der Waals surface area contributed by atoms with Crippen LogP contribution in [0.5, 0.6) is 0 Å². The Labute approximate surface area is 147 Å². The van der Waals surface area contributed by atoms with Gasteiger partial charge in [-0.15, -0.1) is 0 Å². The summed E-state index contributed by atoms with van der Waals surface area (Å²) in [5.41, 5.74) is 2.08. The second kappa shape index (κ2) is 7.53. The monoisotopic (exact) mass is 341 g/mol. The number of nitrogens with zero attached hydrogens (tertiary/aromatic N) is 2. The van der Waals surface area contributed by atoms with Gasteiger partial charge in [0.1, 0.15) is 5.76 Å². The summed E-state index contributed by atoms with van der Waals surface area (Å²) in [5.74, 6) is 0.495. The van der Waals surface area contributed by atoms with Crippen molar-refractivity contribution in [2.75, 3.05) is 38.5 Å². The van der Waals surface area contributed by atoms with Crippen LogP contribution in [0.1, 0.15) is 21.7 Å². The highest BCUT2D eigenvalue weighted by atomic mass is 16.3. The molecule has 6 nitrogen and oxygen atoms in total. The van der Waals surface area contributed by atoms with Gasteiger partial charge in [0.25, 0.3) is 5.91 Å². The summed E-state index contributed by atoms with van der Waals surface area (Å²) in [6, 6.07) is 9.07. The first-order valence-electron chi connectivity index (χ1n) is 8.43. The van der Waals surface area contributed by atoms with Gasteiger partial charge < -0.3 is 19.5 Å². The molecule has 0 spiro atoms. The number of rotatable bonds is 4. The molecule has 25 heavy (non-hydrogen) atoms. The zero-order valence-corrected chi connectivity index (χ0v) is 14.6. The topological polar surface area (TPSA) is 65.8 Å². The molecule has 1 saturated heterocycles. The number of piperazine rings is 1. The average Bonchev–Trinajstić information content (AvgIpc) is 3.02. The molecule has 3 rings (SSSR count). The molecular formula is C19H23N3O3. The largest absolute Gasteiger partial charge is 0.469 e. The van der Waals surface area contributed by atoms with Gasteiger partial charge in [-0.05, 0) is 37.7 Å². The van der Waals surface area contributed by atoms with Crippen LogP contribution in [0.15, 0.2) is 41.0 Å². The summed E-state index contributed by atoms with van der Waals surface area (Å²) in [7, 11) is 2.07. The van der Waals surface area contributed by atoms with E-state index >= 15 is 0 Å². The molecule has 1 aliphatic rings. The van der Waals surface area contributed by atoms with Crippen LogP contribution in [0.2, 0.25) is 0 Å². The number of likely N-dealkylation sites (N-methyl/N-ethyl adjacent to an activating group) is 1. The van der Waals surface area contributed by atoms with Gasteiger partial charge >= 0.3 is 0 Å². The number of hydrogen-bond acceptors (Lipinski definition) is 4. The standard InChI is InChI=1S/C19H23N3O3/c1-14-17(6-11-25-14)19(24)20-16-5-3-4-15(12-16)13-18(23)22-9-7-21(2)8-10-22/h3-6,11-12H,7-10,13H2,1-2H3,(H,20,24). The Kier molecular flexibility index (Phi) is 5.19. The van der Waals surface area contributed by atoms with Crippen molar-refractivity contribution in [2.24, 2.45) is 0 Å². The van der Waals surface area contributed by atoms with E-state index in [0.29, 0.717) is 23.4 Å². The molecule has 1 aromatic carbocycles. The molecule has 6 heteroatoms. The summed E-state index contributed by atoms with van der Waals surface area (Å²) in [4.78, 5) is 28.8. The maximum atomic E-state index is 12.4. The van der Waals surface area contributed by atoms with Crippen molar-refractivity contribution in [1.82, 2.24) is 9.80 Å². The van der Waals surface area contributed by atoms with Gasteiger partial charge in [-0.1, -0.05) is 12.1 Å². The van der Waals surface area contributed by atoms with Crippen LogP contribution in [0.3, 0.4) is 0 Å². The van der Waals surface area contributed by atoms with Gasteiger partial charge in [0, 0.05) is 31.9 Å². The number of hydrogen-bond donors (Lipinski definition) is 1. The molecule has 0 saturated carbocycles. The molecule has 1 aliphatic heterocycles. The van der Waals surface area contributed by atoms with Crippen molar-refractivity contribution in [3.05, 3.63) is 53.5 Å². The first-order chi connectivity index (χ1) is 12.0. The van der Waals surface area contributed by atoms with Crippen molar-refractivity contribution in [2.45, 2.75) is 13.3 Å². The first kappa shape index (κ1) is 17.2. The Morgan fingerprint density at radius 1 is 1.16 bits per heavy atom. The van der Waals surface area contributed by atoms with Crippen LogP contribution < -0.4 is 5.32 Å². The lowest BCUT2D eigenvalue weighted by Gasteiger charge is -2.32. The quantitative estimate of drug-likeness (QED) is 0.925. The number of benzene rings is 1. The molecule has 2 aromatic rings. The van der Waals surface area contributed by atoms with E-state index in [4.69, 9.17) is 4.42 Å². The van der Waals surface area contributed by atoms with Crippen molar-refractivity contribution < 1.29 is 14.0 Å². The fraction of sp³-hybridized carbons (Fsp3) is 0.368. The third-order valence-electron chi connectivity index (χ3n) is 4.50. The van der Waals surface area contributed by atoms with E-state index in [9.17, 15) is 9.59 Å². The Hall–Kier alpha value is -2.60. The highest BCUT2D eigenvalue weighted by Crippen LogP contribution is 2.16. The molecule has 1 fully saturated rings. The van der Waals surface area contributed by atoms with Crippen molar-refractivity contribution in [3.8, 4) is 0 Å². The summed E-state index contributed by atoms with van der Waals surface area (Å²) in [6.07, 6.45) is 1.84. The molecule has 1 aromatic heterocycles. The number of anilines is 1. The molecule has 0 aliphatic carbocycles. The summed E-state index contributed by atoms with van der Waals surface area (Å²) < 4.78 is 5.16. The predicted molar refractivity (Wildman–Crippen MR) is 95.6 cm³/mol. The highest BCUT2D eigenvalue weighted by Gasteiger charge is 2.19. The van der Waals surface area contributed by atoms with Gasteiger partial charge in [0.05, 0.1) is 18.2 Å². The van der Waals surface area contributed by atoms with Crippen LogP contribution in [-0.2, 0) is 11.2 Å². The van der Waals surface area contributed by atoms with E-state index in [1.807, 2.05) is 29.2 Å². The minimum atomic E-state index is -0.214. The molecule has 0 radical (unpaired) electrons. The van der Waals surface area contributed by atoms with Crippen molar-refractivity contribution in [3.63, 3.8) is 0 Å². The third kappa shape index (κ3) is 4.28. The predicted octanol–water partition coefficient (Wildman–Crippen LogP) is 2.16. The maximum absolute atomic E-state index is 12.4. The zero-order chi connectivity index (χ0) is 17.8. The number of carbonyl (C=O) groups is 2. The Morgan fingerprint density at radius 2 is 1.92 bits per heavy atom. The van der Waals surface area contributed by atoms with Crippen LogP contribution in [-0.4, -0.2) is 54.8 Å². The highest BCUT2D eigenvalue weighted by molar-refractivity contribution is 6.04. The van der Waals surface area contributed by atoms with Crippen molar-refractivity contribution in [1.29, 1.82) is 0 Å². The van der Waals surface area contributed by atoms with Crippen molar-refractivity contribution >= 4 is 17.5 Å². The molecule has 0 bridgehead atoms. The number of amides is 2. The fourth-order valence-electron chi connectivity index (χ4n) is 2.92. The van der Waals surface area contributed by atoms with E-state index in [2.05, 4.69) is 17.3 Å². The normalized spacial score (nSPS) is 15.2. The summed E-state index contributed by atoms with van der Waals surface area (Å²) in [6.45, 7) is 5.11. The Morgan fingerprint density at radius 3 is 2.60 bits per heavy atom. The van der Waals surface area contributed by atoms with Gasteiger partial charge in [-0.2, -0.15) is 0 Å². The zero-order valence-electron chi connectivity index (χ0n) is 14.6. The third-order valence-corrected chi connectivity index (χ3v) is 4.50. The number of aryl methyl sites for hydroxylation is 1. The second-order valence-electron chi connectivity index (χ2n) is 6.41. The Balaban J connectivity index is 1.62. The van der Waals surface area contributed by atoms with E-state index < -0.39 is 0 Å². The fourth-order valence-corrected chi connectivity index (χ4v) is 2.92. The minimum absolute atomic E-state index is 0.127. The van der Waals surface area contributed by atoms with Crippen LogP contribution >= 0.6 is 0 Å². The van der Waals surface area contributed by atoms with Crippen LogP contribution in [0.25, 0.3) is 0 Å². The second-order valence-corrected chi connectivity index (χ2v) is 6.41.